The third-order valence-electron chi connectivity index (χ3n) is 13.8. The number of nitrogens with one attached hydrogen (secondary N) is 2. The molecule has 16 nitrogen and oxygen atoms in total. The van der Waals surface area contributed by atoms with E-state index in [-0.39, 0.29) is 36.6 Å². The predicted octanol–water partition coefficient (Wildman–Crippen LogP) is 5.69. The Balaban J connectivity index is 1.22. The summed E-state index contributed by atoms with van der Waals surface area (Å²) in [5, 5.41) is 16.3. The van der Waals surface area contributed by atoms with Crippen LogP contribution in [0.2, 0.25) is 0 Å². The highest BCUT2D eigenvalue weighted by atomic mass is 16.6. The molecule has 352 valence electrons. The van der Waals surface area contributed by atoms with Crippen LogP contribution in [0, 0.1) is 17.8 Å². The number of nitrogens with two attached hydrogens (primary N) is 1. The Hall–Kier alpha value is -8.55. The number of imide groups is 1. The van der Waals surface area contributed by atoms with Gasteiger partial charge in [0.1, 0.15) is 23.3 Å². The van der Waals surface area contributed by atoms with Gasteiger partial charge in [0.05, 0.1) is 36.3 Å². The highest BCUT2D eigenvalue weighted by Crippen LogP contribution is 2.66. The van der Waals surface area contributed by atoms with Crippen LogP contribution >= 0.6 is 0 Å². The van der Waals surface area contributed by atoms with E-state index in [1.54, 1.807) is 53.7 Å². The Morgan fingerprint density at radius 3 is 2.10 bits per heavy atom. The SMILES string of the molecule is C[C@@H](NC(=O)N1C(=O)[C@@]2(c3cc(C#CCNC(N)=O)ccc31)[C@H](C(=O)N1CCN(c3ncccn3)CC1)[C@H]1C(=O)O[C@H](c3ccccc3)[C@H](c3ccccc3)N1[C@@H]2c1ccc(O)cc1)c1ccccc1. The fourth-order valence-electron chi connectivity index (χ4n) is 10.8. The third-order valence-corrected chi connectivity index (χ3v) is 13.8. The number of carbonyl (C=O) groups excluding carboxylic acids is 5. The van der Waals surface area contributed by atoms with Gasteiger partial charge >= 0.3 is 18.0 Å². The van der Waals surface area contributed by atoms with Crippen LogP contribution in [-0.2, 0) is 24.5 Å². The molecule has 1 aromatic heterocycles. The van der Waals surface area contributed by atoms with E-state index in [2.05, 4.69) is 32.4 Å². The van der Waals surface area contributed by atoms with Crippen LogP contribution in [0.3, 0.4) is 0 Å². The van der Waals surface area contributed by atoms with Gasteiger partial charge in [-0.1, -0.05) is 115 Å². The van der Waals surface area contributed by atoms with Crippen LogP contribution in [-0.4, -0.2) is 93.5 Å². The van der Waals surface area contributed by atoms with Gasteiger partial charge < -0.3 is 36.0 Å². The van der Waals surface area contributed by atoms with Gasteiger partial charge in [0.25, 0.3) is 0 Å². The normalized spacial score (nSPS) is 23.1. The van der Waals surface area contributed by atoms with Crippen LogP contribution in [0.25, 0.3) is 0 Å². The number of ether oxygens (including phenoxy) is 1. The number of anilines is 2. The number of hydrogen-bond acceptors (Lipinski definition) is 11. The van der Waals surface area contributed by atoms with Gasteiger partial charge in [-0.2, -0.15) is 0 Å². The molecule has 4 aliphatic rings. The lowest BCUT2D eigenvalue weighted by molar-refractivity contribution is -0.179. The van der Waals surface area contributed by atoms with Crippen LogP contribution < -0.4 is 26.2 Å². The van der Waals surface area contributed by atoms with Crippen molar-refractivity contribution in [2.75, 3.05) is 42.5 Å². The smallest absolute Gasteiger partial charge is 0.329 e. The van der Waals surface area contributed by atoms with Crippen LogP contribution in [0.4, 0.5) is 21.2 Å². The second kappa shape index (κ2) is 18.9. The molecular weight excluding hydrogens is 887 g/mol. The minimum absolute atomic E-state index is 0.0451. The molecule has 6 aromatic rings. The summed E-state index contributed by atoms with van der Waals surface area (Å²) in [5.74, 6) is 2.99. The number of nitrogens with zero attached hydrogens (tertiary/aromatic N) is 6. The van der Waals surface area contributed by atoms with E-state index in [0.717, 1.165) is 16.0 Å². The van der Waals surface area contributed by atoms with E-state index in [1.165, 1.54) is 12.1 Å². The summed E-state index contributed by atoms with van der Waals surface area (Å²) in [4.78, 5) is 90.7. The molecular formula is C54H49N9O7. The number of phenols is 1. The molecule has 3 saturated heterocycles. The van der Waals surface area contributed by atoms with Crippen molar-refractivity contribution in [3.8, 4) is 17.6 Å². The minimum Gasteiger partial charge on any atom is -0.508 e. The number of esters is 1. The predicted molar refractivity (Wildman–Crippen MR) is 259 cm³/mol. The summed E-state index contributed by atoms with van der Waals surface area (Å²) < 4.78 is 6.62. The number of primary amides is 1. The van der Waals surface area contributed by atoms with Crippen molar-refractivity contribution in [3.05, 3.63) is 185 Å². The van der Waals surface area contributed by atoms with E-state index >= 15 is 19.2 Å². The number of fused-ring (bicyclic) bond motifs is 3. The van der Waals surface area contributed by atoms with E-state index < -0.39 is 71.5 Å². The summed E-state index contributed by atoms with van der Waals surface area (Å²) >= 11 is 0. The number of cyclic esters (lactones) is 1. The van der Waals surface area contributed by atoms with Gasteiger partial charge in [-0.25, -0.2) is 24.5 Å². The van der Waals surface area contributed by atoms with Gasteiger partial charge in [0.15, 0.2) is 0 Å². The molecule has 5 heterocycles. The van der Waals surface area contributed by atoms with Gasteiger partial charge in [0, 0.05) is 44.1 Å². The third kappa shape index (κ3) is 7.99. The first-order chi connectivity index (χ1) is 34.1. The van der Waals surface area contributed by atoms with Crippen LogP contribution in [0.15, 0.2) is 152 Å². The molecule has 6 amide bonds. The van der Waals surface area contributed by atoms with Crippen molar-refractivity contribution in [1.82, 2.24) is 30.4 Å². The van der Waals surface area contributed by atoms with Gasteiger partial charge in [-0.05, 0) is 71.1 Å². The Bertz CT molecular complexity index is 3000. The maximum absolute atomic E-state index is 16.7. The number of rotatable bonds is 8. The zero-order valence-electron chi connectivity index (χ0n) is 38.1. The van der Waals surface area contributed by atoms with Crippen LogP contribution in [0.1, 0.15) is 64.5 Å². The zero-order valence-corrected chi connectivity index (χ0v) is 38.1. The quantitative estimate of drug-likeness (QED) is 0.108. The molecule has 0 radical (unpaired) electrons. The largest absolute Gasteiger partial charge is 0.508 e. The molecule has 7 atom stereocenters. The molecule has 1 spiro atoms. The molecule has 0 aliphatic carbocycles. The number of benzene rings is 5. The monoisotopic (exact) mass is 935 g/mol. The number of hydrogen-bond donors (Lipinski definition) is 4. The van der Waals surface area contributed by atoms with Gasteiger partial charge in [-0.15, -0.1) is 0 Å². The summed E-state index contributed by atoms with van der Waals surface area (Å²) in [5.41, 5.74) is 6.90. The molecule has 5 aromatic carbocycles. The van der Waals surface area contributed by atoms with Gasteiger partial charge in [-0.3, -0.25) is 19.3 Å². The van der Waals surface area contributed by atoms with Crippen LogP contribution in [0.5, 0.6) is 5.75 Å². The Labute approximate surface area is 404 Å². The first kappa shape index (κ1) is 45.2. The Kier molecular flexibility index (Phi) is 12.2. The molecule has 0 bridgehead atoms. The standard InChI is InChI=1S/C54H49N9O7/c1-34(36-14-5-2-6-15-36)59-53(69)62-42-25-20-35(13-11-26-56-51(55)68)33-41(42)54(50(62)67)43(48(65)60-29-31-61(32-30-60)52-57-27-12-28-58-52)45-49(66)70-46(38-18-9-4-10-19-38)44(37-16-7-3-8-17-37)63(45)47(54)39-21-23-40(64)24-22-39/h2-10,12,14-25,27-28,33-34,43-47,64H,26,29-32H2,1H3,(H,59,69)(H3,55,56,68)/t34-,43+,44+,45+,46-,47-,54+/m1/s1. The number of aromatic nitrogens is 2. The summed E-state index contributed by atoms with van der Waals surface area (Å²) in [6.07, 6.45) is 2.38. The molecule has 0 unspecified atom stereocenters. The van der Waals surface area contributed by atoms with E-state index in [4.69, 9.17) is 10.5 Å². The number of phenolic OH excluding ortho intramolecular Hbond substituents is 1. The fourth-order valence-corrected chi connectivity index (χ4v) is 10.8. The van der Waals surface area contributed by atoms with Crippen molar-refractivity contribution >= 4 is 41.5 Å². The molecule has 3 fully saturated rings. The van der Waals surface area contributed by atoms with E-state index in [1.807, 2.05) is 108 Å². The second-order valence-corrected chi connectivity index (χ2v) is 17.7. The molecule has 0 saturated carbocycles. The van der Waals surface area contributed by atoms with Crippen molar-refractivity contribution in [2.45, 2.75) is 42.6 Å². The fraction of sp³-hybridized carbons (Fsp3) is 0.241. The highest BCUT2D eigenvalue weighted by molar-refractivity contribution is 6.24. The number of urea groups is 2. The Morgan fingerprint density at radius 2 is 1.44 bits per heavy atom. The van der Waals surface area contributed by atoms with E-state index in [9.17, 15) is 9.90 Å². The van der Waals surface area contributed by atoms with Crippen molar-refractivity contribution < 1.29 is 33.8 Å². The maximum atomic E-state index is 16.7. The first-order valence-electron chi connectivity index (χ1n) is 23.1. The summed E-state index contributed by atoms with van der Waals surface area (Å²) in [6.45, 7) is 2.84. The molecule has 4 aliphatic heterocycles. The first-order valence-corrected chi connectivity index (χ1v) is 23.1. The number of piperazine rings is 1. The minimum atomic E-state index is -2.04. The number of morpholine rings is 1. The highest BCUT2D eigenvalue weighted by Gasteiger charge is 2.76. The van der Waals surface area contributed by atoms with Gasteiger partial charge in [0.2, 0.25) is 17.8 Å². The molecule has 70 heavy (non-hydrogen) atoms. The lowest BCUT2D eigenvalue weighted by atomic mass is 9.64. The van der Waals surface area contributed by atoms with E-state index in [0.29, 0.717) is 35.7 Å². The summed E-state index contributed by atoms with van der Waals surface area (Å²) in [6, 6.07) is 35.9. The molecule has 5 N–H and O–H groups in total. The second-order valence-electron chi connectivity index (χ2n) is 17.7. The van der Waals surface area contributed by atoms with Crippen molar-refractivity contribution in [1.29, 1.82) is 0 Å². The zero-order chi connectivity index (χ0) is 48.5. The average molecular weight is 936 g/mol. The number of aromatic hydroxyl groups is 1. The molecule has 10 rings (SSSR count). The lowest BCUT2D eigenvalue weighted by Crippen LogP contribution is -2.59. The molecule has 16 heteroatoms. The van der Waals surface area contributed by atoms with Crippen molar-refractivity contribution in [2.24, 2.45) is 11.7 Å². The number of carbonyl (C=O) groups is 5. The maximum Gasteiger partial charge on any atom is 0.329 e. The summed E-state index contributed by atoms with van der Waals surface area (Å²) in [7, 11) is 0. The topological polar surface area (TPSA) is 204 Å². The number of amides is 6. The Morgan fingerprint density at radius 1 is 0.800 bits per heavy atom. The lowest BCUT2D eigenvalue weighted by Gasteiger charge is -2.46. The van der Waals surface area contributed by atoms with Crippen molar-refractivity contribution in [3.63, 3.8) is 0 Å². The average Bonchev–Trinajstić information content (AvgIpc) is 3.85.